The number of rotatable bonds is 5. The molecule has 21 heavy (non-hydrogen) atoms. The number of aromatic nitrogens is 2. The predicted octanol–water partition coefficient (Wildman–Crippen LogP) is 3.68. The summed E-state index contributed by atoms with van der Waals surface area (Å²) in [6, 6.07) is 3.86. The topological polar surface area (TPSA) is 58.0 Å². The summed E-state index contributed by atoms with van der Waals surface area (Å²) < 4.78 is 13.4. The Bertz CT molecular complexity index is 623. The van der Waals surface area contributed by atoms with Crippen molar-refractivity contribution in [2.75, 3.05) is 11.9 Å². The van der Waals surface area contributed by atoms with Crippen LogP contribution >= 0.6 is 0 Å². The SMILES string of the molecule is CCCNc1nc(-c2cc(O)cc(F)c2)nc(CC)c1C. The Morgan fingerprint density at radius 1 is 1.19 bits per heavy atom. The highest BCUT2D eigenvalue weighted by atomic mass is 19.1. The summed E-state index contributed by atoms with van der Waals surface area (Å²) in [5.41, 5.74) is 2.40. The van der Waals surface area contributed by atoms with Crippen LogP contribution in [0, 0.1) is 12.7 Å². The summed E-state index contributed by atoms with van der Waals surface area (Å²) in [4.78, 5) is 8.95. The summed E-state index contributed by atoms with van der Waals surface area (Å²) in [7, 11) is 0. The van der Waals surface area contributed by atoms with Gasteiger partial charge in [0.25, 0.3) is 0 Å². The van der Waals surface area contributed by atoms with E-state index in [2.05, 4.69) is 22.2 Å². The smallest absolute Gasteiger partial charge is 0.162 e. The molecule has 0 saturated carbocycles. The highest BCUT2D eigenvalue weighted by Crippen LogP contribution is 2.26. The van der Waals surface area contributed by atoms with E-state index in [1.807, 2.05) is 13.8 Å². The lowest BCUT2D eigenvalue weighted by molar-refractivity contribution is 0.469. The molecule has 0 aliphatic rings. The van der Waals surface area contributed by atoms with Gasteiger partial charge in [0.2, 0.25) is 0 Å². The van der Waals surface area contributed by atoms with Crippen LogP contribution in [0.1, 0.15) is 31.5 Å². The lowest BCUT2D eigenvalue weighted by atomic mass is 10.1. The van der Waals surface area contributed by atoms with Crippen molar-refractivity contribution in [3.63, 3.8) is 0 Å². The Kier molecular flexibility index (Phi) is 4.73. The Morgan fingerprint density at radius 2 is 1.95 bits per heavy atom. The molecule has 0 spiro atoms. The molecule has 4 nitrogen and oxygen atoms in total. The molecule has 5 heteroatoms. The van der Waals surface area contributed by atoms with Gasteiger partial charge < -0.3 is 10.4 Å². The molecule has 2 N–H and O–H groups in total. The van der Waals surface area contributed by atoms with Gasteiger partial charge in [0.15, 0.2) is 5.82 Å². The maximum Gasteiger partial charge on any atom is 0.162 e. The number of aromatic hydroxyl groups is 1. The van der Waals surface area contributed by atoms with E-state index in [9.17, 15) is 9.50 Å². The quantitative estimate of drug-likeness (QED) is 0.881. The van der Waals surface area contributed by atoms with E-state index in [1.165, 1.54) is 12.1 Å². The molecular formula is C16H20FN3O. The van der Waals surface area contributed by atoms with Crippen molar-refractivity contribution in [2.45, 2.75) is 33.6 Å². The van der Waals surface area contributed by atoms with Gasteiger partial charge in [0.05, 0.1) is 0 Å². The Hall–Kier alpha value is -2.17. The fourth-order valence-electron chi connectivity index (χ4n) is 2.16. The van der Waals surface area contributed by atoms with E-state index in [0.29, 0.717) is 11.4 Å². The van der Waals surface area contributed by atoms with Crippen LogP contribution in [0.15, 0.2) is 18.2 Å². The third kappa shape index (κ3) is 3.48. The van der Waals surface area contributed by atoms with Gasteiger partial charge in [-0.1, -0.05) is 13.8 Å². The second kappa shape index (κ2) is 6.52. The second-order valence-corrected chi connectivity index (χ2v) is 4.95. The highest BCUT2D eigenvalue weighted by molar-refractivity contribution is 5.61. The first kappa shape index (κ1) is 15.2. The van der Waals surface area contributed by atoms with Gasteiger partial charge in [-0.3, -0.25) is 0 Å². The van der Waals surface area contributed by atoms with E-state index in [-0.39, 0.29) is 5.75 Å². The first-order valence-corrected chi connectivity index (χ1v) is 7.16. The third-order valence-electron chi connectivity index (χ3n) is 3.26. The molecule has 0 unspecified atom stereocenters. The van der Waals surface area contributed by atoms with Crippen molar-refractivity contribution < 1.29 is 9.50 Å². The van der Waals surface area contributed by atoms with Crippen molar-refractivity contribution in [2.24, 2.45) is 0 Å². The van der Waals surface area contributed by atoms with E-state index in [1.54, 1.807) is 0 Å². The molecule has 0 aliphatic carbocycles. The van der Waals surface area contributed by atoms with Crippen LogP contribution in [-0.4, -0.2) is 21.6 Å². The van der Waals surface area contributed by atoms with E-state index < -0.39 is 5.82 Å². The fourth-order valence-corrected chi connectivity index (χ4v) is 2.16. The van der Waals surface area contributed by atoms with Gasteiger partial charge in [0.1, 0.15) is 17.4 Å². The average molecular weight is 289 g/mol. The maximum absolute atomic E-state index is 13.4. The zero-order chi connectivity index (χ0) is 15.4. The van der Waals surface area contributed by atoms with Crippen LogP contribution in [0.3, 0.4) is 0 Å². The molecular weight excluding hydrogens is 269 g/mol. The summed E-state index contributed by atoms with van der Waals surface area (Å²) in [5, 5.41) is 12.8. The first-order valence-electron chi connectivity index (χ1n) is 7.16. The second-order valence-electron chi connectivity index (χ2n) is 4.95. The molecule has 0 amide bonds. The van der Waals surface area contributed by atoms with Crippen molar-refractivity contribution in [1.82, 2.24) is 9.97 Å². The number of benzene rings is 1. The number of phenolic OH excluding ortho intramolecular Hbond substituents is 1. The number of nitrogens with one attached hydrogen (secondary N) is 1. The zero-order valence-electron chi connectivity index (χ0n) is 12.6. The molecule has 0 saturated heterocycles. The highest BCUT2D eigenvalue weighted by Gasteiger charge is 2.12. The van der Waals surface area contributed by atoms with Crippen molar-refractivity contribution in [3.8, 4) is 17.1 Å². The normalized spacial score (nSPS) is 10.7. The fraction of sp³-hybridized carbons (Fsp3) is 0.375. The van der Waals surface area contributed by atoms with E-state index in [4.69, 9.17) is 0 Å². The van der Waals surface area contributed by atoms with E-state index >= 15 is 0 Å². The van der Waals surface area contributed by atoms with Crippen LogP contribution in [0.4, 0.5) is 10.2 Å². The molecule has 0 atom stereocenters. The number of nitrogens with zero attached hydrogens (tertiary/aromatic N) is 2. The van der Waals surface area contributed by atoms with Gasteiger partial charge in [-0.2, -0.15) is 0 Å². The number of hydrogen-bond acceptors (Lipinski definition) is 4. The van der Waals surface area contributed by atoms with Gasteiger partial charge in [-0.25, -0.2) is 14.4 Å². The zero-order valence-corrected chi connectivity index (χ0v) is 12.6. The minimum atomic E-state index is -0.504. The third-order valence-corrected chi connectivity index (χ3v) is 3.26. The van der Waals surface area contributed by atoms with Gasteiger partial charge in [-0.15, -0.1) is 0 Å². The minimum absolute atomic E-state index is 0.129. The Morgan fingerprint density at radius 3 is 2.57 bits per heavy atom. The first-order chi connectivity index (χ1) is 10.0. The molecule has 0 bridgehead atoms. The molecule has 2 rings (SSSR count). The lowest BCUT2D eigenvalue weighted by Gasteiger charge is -2.13. The lowest BCUT2D eigenvalue weighted by Crippen LogP contribution is -2.08. The van der Waals surface area contributed by atoms with Gasteiger partial charge in [0, 0.05) is 29.4 Å². The Balaban J connectivity index is 2.52. The standard InChI is InChI=1S/C16H20FN3O/c1-4-6-18-15-10(3)14(5-2)19-16(20-15)11-7-12(17)9-13(21)8-11/h7-9,21H,4-6H2,1-3H3,(H,18,19,20). The van der Waals surface area contributed by atoms with Gasteiger partial charge in [-0.05, 0) is 31.9 Å². The molecule has 1 aromatic heterocycles. The van der Waals surface area contributed by atoms with Crippen LogP contribution < -0.4 is 5.32 Å². The number of hydrogen-bond donors (Lipinski definition) is 2. The van der Waals surface area contributed by atoms with Crippen LogP contribution in [-0.2, 0) is 6.42 Å². The number of anilines is 1. The van der Waals surface area contributed by atoms with Crippen LogP contribution in [0.25, 0.3) is 11.4 Å². The van der Waals surface area contributed by atoms with Crippen molar-refractivity contribution in [3.05, 3.63) is 35.3 Å². The predicted molar refractivity (Wildman–Crippen MR) is 82.0 cm³/mol. The van der Waals surface area contributed by atoms with Crippen molar-refractivity contribution in [1.29, 1.82) is 0 Å². The van der Waals surface area contributed by atoms with Crippen molar-refractivity contribution >= 4 is 5.82 Å². The summed E-state index contributed by atoms with van der Waals surface area (Å²) in [6.45, 7) is 6.89. The monoisotopic (exact) mass is 289 g/mol. The molecule has 0 fully saturated rings. The number of aryl methyl sites for hydroxylation is 1. The summed E-state index contributed by atoms with van der Waals surface area (Å²) in [5.74, 6) is 0.555. The van der Waals surface area contributed by atoms with E-state index in [0.717, 1.165) is 42.5 Å². The summed E-state index contributed by atoms with van der Waals surface area (Å²) in [6.07, 6.45) is 1.75. The minimum Gasteiger partial charge on any atom is -0.508 e. The summed E-state index contributed by atoms with van der Waals surface area (Å²) >= 11 is 0. The van der Waals surface area contributed by atoms with Crippen LogP contribution in [0.2, 0.25) is 0 Å². The largest absolute Gasteiger partial charge is 0.508 e. The molecule has 1 aromatic carbocycles. The van der Waals surface area contributed by atoms with Gasteiger partial charge >= 0.3 is 0 Å². The molecule has 0 radical (unpaired) electrons. The number of halogens is 1. The maximum atomic E-state index is 13.4. The molecule has 1 heterocycles. The average Bonchev–Trinajstić information content (AvgIpc) is 2.45. The molecule has 2 aromatic rings. The Labute approximate surface area is 124 Å². The molecule has 0 aliphatic heterocycles. The van der Waals surface area contributed by atoms with Crippen LogP contribution in [0.5, 0.6) is 5.75 Å². The molecule has 112 valence electrons. The number of phenols is 1.